The Morgan fingerprint density at radius 3 is 2.95 bits per heavy atom. The highest BCUT2D eigenvalue weighted by Crippen LogP contribution is 2.25. The monoisotopic (exact) mass is 291 g/mol. The van der Waals surface area contributed by atoms with Gasteiger partial charge in [0.1, 0.15) is 0 Å². The molecule has 0 aromatic carbocycles. The minimum atomic E-state index is 0.475. The fourth-order valence-electron chi connectivity index (χ4n) is 3.67. The fraction of sp³-hybridized carbons (Fsp3) is 0.812. The van der Waals surface area contributed by atoms with Crippen molar-refractivity contribution in [2.24, 2.45) is 0 Å². The first kappa shape index (κ1) is 15.0. The molecule has 1 N–H and O–H groups in total. The summed E-state index contributed by atoms with van der Waals surface area (Å²) in [5.74, 6) is 0. The van der Waals surface area contributed by atoms with Gasteiger partial charge in [-0.2, -0.15) is 0 Å². The number of rotatable bonds is 3. The van der Waals surface area contributed by atoms with Gasteiger partial charge in [0.05, 0.1) is 12.0 Å². The Balaban J connectivity index is 1.70. The second-order valence-electron chi connectivity index (χ2n) is 6.92. The number of hydrogen-bond donors (Lipinski definition) is 1. The van der Waals surface area contributed by atoms with Gasteiger partial charge in [-0.1, -0.05) is 0 Å². The molecule has 0 radical (unpaired) electrons. The lowest BCUT2D eigenvalue weighted by Crippen LogP contribution is -2.51. The molecule has 0 aliphatic carbocycles. The smallest absolute Gasteiger partial charge is 0.0949 e. The lowest BCUT2D eigenvalue weighted by Gasteiger charge is -2.38. The largest absolute Gasteiger partial charge is 0.332 e. The van der Waals surface area contributed by atoms with E-state index in [1.54, 1.807) is 0 Å². The molecule has 0 amide bonds. The SMILES string of the molecule is CC1CCCC(c2cncn2CC2CN(C)CCN2C)N1. The zero-order valence-electron chi connectivity index (χ0n) is 13.6. The van der Waals surface area contributed by atoms with Crippen LogP contribution in [-0.2, 0) is 6.54 Å². The van der Waals surface area contributed by atoms with Crippen LogP contribution < -0.4 is 5.32 Å². The van der Waals surface area contributed by atoms with Crippen LogP contribution >= 0.6 is 0 Å². The minimum Gasteiger partial charge on any atom is -0.332 e. The van der Waals surface area contributed by atoms with Gasteiger partial charge in [-0.3, -0.25) is 4.90 Å². The molecule has 3 heterocycles. The molecule has 3 unspecified atom stereocenters. The Hall–Kier alpha value is -0.910. The summed E-state index contributed by atoms with van der Waals surface area (Å²) in [5, 5.41) is 3.73. The van der Waals surface area contributed by atoms with E-state index in [2.05, 4.69) is 51.9 Å². The summed E-state index contributed by atoms with van der Waals surface area (Å²) < 4.78 is 2.37. The molecular weight excluding hydrogens is 262 g/mol. The molecule has 5 nitrogen and oxygen atoms in total. The van der Waals surface area contributed by atoms with Gasteiger partial charge in [-0.25, -0.2) is 4.98 Å². The molecular formula is C16H29N5. The van der Waals surface area contributed by atoms with E-state index < -0.39 is 0 Å². The van der Waals surface area contributed by atoms with Crippen molar-refractivity contribution in [1.82, 2.24) is 24.7 Å². The van der Waals surface area contributed by atoms with Gasteiger partial charge in [0.25, 0.3) is 0 Å². The summed E-state index contributed by atoms with van der Waals surface area (Å²) in [6.07, 6.45) is 7.91. The molecule has 1 aromatic heterocycles. The number of piperidine rings is 1. The van der Waals surface area contributed by atoms with Gasteiger partial charge in [-0.15, -0.1) is 0 Å². The molecule has 2 aliphatic rings. The number of imidazole rings is 1. The van der Waals surface area contributed by atoms with E-state index in [0.29, 0.717) is 18.1 Å². The Morgan fingerprint density at radius 1 is 1.29 bits per heavy atom. The molecule has 3 atom stereocenters. The molecule has 0 bridgehead atoms. The van der Waals surface area contributed by atoms with E-state index in [1.165, 1.54) is 31.5 Å². The van der Waals surface area contributed by atoms with Crippen LogP contribution in [0.1, 0.15) is 37.9 Å². The number of nitrogens with zero attached hydrogens (tertiary/aromatic N) is 4. The first-order valence-electron chi connectivity index (χ1n) is 8.28. The Kier molecular flexibility index (Phi) is 4.62. The fourth-order valence-corrected chi connectivity index (χ4v) is 3.67. The third-order valence-corrected chi connectivity index (χ3v) is 5.10. The quantitative estimate of drug-likeness (QED) is 0.911. The summed E-state index contributed by atoms with van der Waals surface area (Å²) in [6, 6.07) is 1.68. The van der Waals surface area contributed by atoms with Gasteiger partial charge in [0, 0.05) is 50.5 Å². The van der Waals surface area contributed by atoms with Crippen LogP contribution in [0.4, 0.5) is 0 Å². The average molecular weight is 291 g/mol. The molecule has 1 aromatic rings. The number of likely N-dealkylation sites (N-methyl/N-ethyl adjacent to an activating group) is 2. The van der Waals surface area contributed by atoms with Gasteiger partial charge in [-0.05, 0) is 40.3 Å². The van der Waals surface area contributed by atoms with E-state index in [1.807, 2.05) is 6.33 Å². The van der Waals surface area contributed by atoms with E-state index in [4.69, 9.17) is 0 Å². The lowest BCUT2D eigenvalue weighted by atomic mass is 9.97. The summed E-state index contributed by atoms with van der Waals surface area (Å²) >= 11 is 0. The third kappa shape index (κ3) is 3.47. The van der Waals surface area contributed by atoms with Crippen LogP contribution in [0.25, 0.3) is 0 Å². The van der Waals surface area contributed by atoms with Crippen LogP contribution in [0.15, 0.2) is 12.5 Å². The topological polar surface area (TPSA) is 36.3 Å². The number of aromatic nitrogens is 2. The Bertz CT molecular complexity index is 457. The van der Waals surface area contributed by atoms with E-state index in [9.17, 15) is 0 Å². The Morgan fingerprint density at radius 2 is 2.14 bits per heavy atom. The van der Waals surface area contributed by atoms with E-state index in [0.717, 1.165) is 19.6 Å². The summed E-state index contributed by atoms with van der Waals surface area (Å²) in [6.45, 7) is 6.80. The maximum atomic E-state index is 4.42. The van der Waals surface area contributed by atoms with Crippen molar-refractivity contribution in [3.05, 3.63) is 18.2 Å². The third-order valence-electron chi connectivity index (χ3n) is 5.10. The van der Waals surface area contributed by atoms with Crippen LogP contribution in [0.3, 0.4) is 0 Å². The van der Waals surface area contributed by atoms with Crippen molar-refractivity contribution in [3.63, 3.8) is 0 Å². The number of hydrogen-bond acceptors (Lipinski definition) is 4. The van der Waals surface area contributed by atoms with Gasteiger partial charge < -0.3 is 14.8 Å². The van der Waals surface area contributed by atoms with Crippen molar-refractivity contribution in [2.75, 3.05) is 33.7 Å². The van der Waals surface area contributed by atoms with Crippen molar-refractivity contribution in [1.29, 1.82) is 0 Å². The van der Waals surface area contributed by atoms with Crippen LogP contribution in [0.2, 0.25) is 0 Å². The zero-order valence-corrected chi connectivity index (χ0v) is 13.6. The predicted octanol–water partition coefficient (Wildman–Crippen LogP) is 1.33. The summed E-state index contributed by atoms with van der Waals surface area (Å²) in [7, 11) is 4.47. The van der Waals surface area contributed by atoms with E-state index in [-0.39, 0.29) is 0 Å². The summed E-state index contributed by atoms with van der Waals surface area (Å²) in [4.78, 5) is 9.34. The van der Waals surface area contributed by atoms with E-state index >= 15 is 0 Å². The molecule has 5 heteroatoms. The van der Waals surface area contributed by atoms with Crippen LogP contribution in [0.5, 0.6) is 0 Å². The maximum Gasteiger partial charge on any atom is 0.0949 e. The second-order valence-corrected chi connectivity index (χ2v) is 6.92. The molecule has 0 saturated carbocycles. The molecule has 3 rings (SSSR count). The zero-order chi connectivity index (χ0) is 14.8. The molecule has 2 aliphatic heterocycles. The molecule has 2 saturated heterocycles. The standard InChI is InChI=1S/C16H29N5/c1-13-5-4-6-15(18-13)16-9-17-12-21(16)11-14-10-19(2)7-8-20(14)3/h9,12-15,18H,4-8,10-11H2,1-3H3. The van der Waals surface area contributed by atoms with Gasteiger partial charge >= 0.3 is 0 Å². The molecule has 118 valence electrons. The highest BCUT2D eigenvalue weighted by molar-refractivity contribution is 5.07. The molecule has 0 spiro atoms. The average Bonchev–Trinajstić information content (AvgIpc) is 2.91. The normalized spacial score (nSPS) is 32.4. The van der Waals surface area contributed by atoms with Gasteiger partial charge in [0.15, 0.2) is 0 Å². The van der Waals surface area contributed by atoms with Crippen molar-refractivity contribution in [2.45, 2.75) is 50.9 Å². The van der Waals surface area contributed by atoms with Gasteiger partial charge in [0.2, 0.25) is 0 Å². The minimum absolute atomic E-state index is 0.475. The van der Waals surface area contributed by atoms with Crippen LogP contribution in [-0.4, -0.2) is 65.2 Å². The highest BCUT2D eigenvalue weighted by Gasteiger charge is 2.26. The van der Waals surface area contributed by atoms with Crippen LogP contribution in [0, 0.1) is 0 Å². The van der Waals surface area contributed by atoms with Crippen molar-refractivity contribution in [3.8, 4) is 0 Å². The first-order valence-corrected chi connectivity index (χ1v) is 8.28. The molecule has 21 heavy (non-hydrogen) atoms. The van der Waals surface area contributed by atoms with Crippen molar-refractivity contribution >= 4 is 0 Å². The van der Waals surface area contributed by atoms with Crippen molar-refractivity contribution < 1.29 is 0 Å². The Labute approximate surface area is 128 Å². The highest BCUT2D eigenvalue weighted by atomic mass is 15.3. The number of nitrogens with one attached hydrogen (secondary N) is 1. The molecule has 2 fully saturated rings. The lowest BCUT2D eigenvalue weighted by molar-refractivity contribution is 0.102. The number of piperazine rings is 1. The predicted molar refractivity (Wildman–Crippen MR) is 85.3 cm³/mol. The maximum absolute atomic E-state index is 4.42. The second kappa shape index (κ2) is 6.46. The first-order chi connectivity index (χ1) is 10.1. The summed E-state index contributed by atoms with van der Waals surface area (Å²) in [5.41, 5.74) is 1.36.